The molecule has 1 amide bonds. The molecule has 0 unspecified atom stereocenters. The van der Waals surface area contributed by atoms with Crippen molar-refractivity contribution < 1.29 is 9.18 Å². The highest BCUT2D eigenvalue weighted by Crippen LogP contribution is 2.32. The van der Waals surface area contributed by atoms with Gasteiger partial charge in [-0.2, -0.15) is 0 Å². The summed E-state index contributed by atoms with van der Waals surface area (Å²) in [5.74, 6) is 0.284. The Morgan fingerprint density at radius 1 is 1.21 bits per heavy atom. The number of aryl methyl sites for hydroxylation is 1. The molecule has 1 aliphatic rings. The second kappa shape index (κ2) is 6.93. The topological polar surface area (TPSA) is 59.0 Å². The van der Waals surface area contributed by atoms with E-state index < -0.39 is 0 Å². The molecule has 0 atom stereocenters. The summed E-state index contributed by atoms with van der Waals surface area (Å²) < 4.78 is 13.9. The van der Waals surface area contributed by atoms with E-state index in [1.807, 2.05) is 11.8 Å². The molecule has 3 aromatic rings. The summed E-state index contributed by atoms with van der Waals surface area (Å²) in [5, 5.41) is 0.532. The summed E-state index contributed by atoms with van der Waals surface area (Å²) >= 11 is 0. The molecule has 5 nitrogen and oxygen atoms in total. The third kappa shape index (κ3) is 3.46. The van der Waals surface area contributed by atoms with E-state index in [4.69, 9.17) is 0 Å². The predicted octanol–water partition coefficient (Wildman–Crippen LogP) is 4.27. The number of carbonyl (C=O) groups excluding carboxylic acids is 1. The van der Waals surface area contributed by atoms with Gasteiger partial charge in [-0.25, -0.2) is 19.3 Å². The summed E-state index contributed by atoms with van der Waals surface area (Å²) in [4.78, 5) is 28.4. The van der Waals surface area contributed by atoms with Gasteiger partial charge in [0.1, 0.15) is 11.6 Å². The maximum absolute atomic E-state index is 13.9. The predicted molar refractivity (Wildman–Crippen MR) is 106 cm³/mol. The standard InChI is InChI=1S/C22H23FN4O/c1-4-20-24-11-14(12-25-20)19-10-17(16-9-15(23)5-6-18(16)26-19)21(28)27-8-7-22(2,3)13-27/h5-6,9-12H,4,7-8,13H2,1-3H3. The number of nitrogens with zero attached hydrogens (tertiary/aromatic N) is 4. The van der Waals surface area contributed by atoms with Gasteiger partial charge in [0.15, 0.2) is 0 Å². The molecule has 1 saturated heterocycles. The molecular weight excluding hydrogens is 355 g/mol. The van der Waals surface area contributed by atoms with Crippen LogP contribution in [0.4, 0.5) is 4.39 Å². The molecule has 0 bridgehead atoms. The SMILES string of the molecule is CCc1ncc(-c2cc(C(=O)N3CCC(C)(C)C3)c3cc(F)ccc3n2)cn1. The van der Waals surface area contributed by atoms with Gasteiger partial charge in [-0.1, -0.05) is 20.8 Å². The fourth-order valence-corrected chi connectivity index (χ4v) is 3.65. The number of likely N-dealkylation sites (tertiary alicyclic amines) is 1. The molecule has 2 aromatic heterocycles. The molecule has 0 saturated carbocycles. The van der Waals surface area contributed by atoms with Crippen molar-refractivity contribution in [2.75, 3.05) is 13.1 Å². The summed E-state index contributed by atoms with van der Waals surface area (Å²) in [7, 11) is 0. The van der Waals surface area contributed by atoms with Gasteiger partial charge in [-0.15, -0.1) is 0 Å². The van der Waals surface area contributed by atoms with Crippen LogP contribution in [0.5, 0.6) is 0 Å². The number of aromatic nitrogens is 3. The van der Waals surface area contributed by atoms with Crippen LogP contribution in [0.1, 0.15) is 43.4 Å². The van der Waals surface area contributed by atoms with Crippen molar-refractivity contribution in [3.05, 3.63) is 53.9 Å². The van der Waals surface area contributed by atoms with Crippen molar-refractivity contribution in [1.29, 1.82) is 0 Å². The van der Waals surface area contributed by atoms with Crippen LogP contribution >= 0.6 is 0 Å². The number of hydrogen-bond acceptors (Lipinski definition) is 4. The van der Waals surface area contributed by atoms with Crippen LogP contribution in [-0.2, 0) is 6.42 Å². The molecule has 1 aliphatic heterocycles. The van der Waals surface area contributed by atoms with Gasteiger partial charge in [0.25, 0.3) is 5.91 Å². The molecular formula is C22H23FN4O. The number of benzene rings is 1. The lowest BCUT2D eigenvalue weighted by Crippen LogP contribution is -2.30. The minimum atomic E-state index is -0.381. The highest BCUT2D eigenvalue weighted by Gasteiger charge is 2.33. The first-order valence-electron chi connectivity index (χ1n) is 9.57. The zero-order chi connectivity index (χ0) is 19.9. The van der Waals surface area contributed by atoms with Gasteiger partial charge in [0.05, 0.1) is 16.8 Å². The molecule has 0 radical (unpaired) electrons. The van der Waals surface area contributed by atoms with Crippen molar-refractivity contribution in [3.63, 3.8) is 0 Å². The Kier molecular flexibility index (Phi) is 4.57. The Morgan fingerprint density at radius 3 is 2.61 bits per heavy atom. The molecule has 0 spiro atoms. The molecule has 1 fully saturated rings. The first kappa shape index (κ1) is 18.5. The van der Waals surface area contributed by atoms with Crippen molar-refractivity contribution in [2.45, 2.75) is 33.6 Å². The van der Waals surface area contributed by atoms with Crippen LogP contribution in [0.2, 0.25) is 0 Å². The van der Waals surface area contributed by atoms with Crippen LogP contribution in [0.25, 0.3) is 22.2 Å². The van der Waals surface area contributed by atoms with E-state index in [1.54, 1.807) is 24.5 Å². The average molecular weight is 378 g/mol. The van der Waals surface area contributed by atoms with Crippen molar-refractivity contribution >= 4 is 16.8 Å². The van der Waals surface area contributed by atoms with Crippen molar-refractivity contribution in [1.82, 2.24) is 19.9 Å². The highest BCUT2D eigenvalue weighted by molar-refractivity contribution is 6.07. The van der Waals surface area contributed by atoms with E-state index in [-0.39, 0.29) is 17.1 Å². The lowest BCUT2D eigenvalue weighted by Gasteiger charge is -2.21. The number of fused-ring (bicyclic) bond motifs is 1. The number of halogens is 1. The van der Waals surface area contributed by atoms with E-state index in [1.165, 1.54) is 12.1 Å². The van der Waals surface area contributed by atoms with Crippen LogP contribution in [0, 0.1) is 11.2 Å². The zero-order valence-electron chi connectivity index (χ0n) is 16.4. The van der Waals surface area contributed by atoms with Crippen molar-refractivity contribution in [2.24, 2.45) is 5.41 Å². The number of hydrogen-bond donors (Lipinski definition) is 0. The second-order valence-electron chi connectivity index (χ2n) is 8.10. The molecule has 4 rings (SSSR count). The van der Waals surface area contributed by atoms with Crippen LogP contribution in [0.3, 0.4) is 0 Å². The third-order valence-electron chi connectivity index (χ3n) is 5.28. The van der Waals surface area contributed by atoms with Crippen molar-refractivity contribution in [3.8, 4) is 11.3 Å². The Labute approximate surface area is 163 Å². The van der Waals surface area contributed by atoms with Gasteiger partial charge < -0.3 is 4.90 Å². The Balaban J connectivity index is 1.83. The quantitative estimate of drug-likeness (QED) is 0.683. The zero-order valence-corrected chi connectivity index (χ0v) is 16.4. The minimum Gasteiger partial charge on any atom is -0.338 e. The first-order chi connectivity index (χ1) is 13.4. The summed E-state index contributed by atoms with van der Waals surface area (Å²) in [6, 6.07) is 6.10. The summed E-state index contributed by atoms with van der Waals surface area (Å²) in [6.45, 7) is 7.70. The maximum atomic E-state index is 13.9. The molecule has 0 N–H and O–H groups in total. The Morgan fingerprint density at radius 2 is 1.96 bits per heavy atom. The van der Waals surface area contributed by atoms with Gasteiger partial charge >= 0.3 is 0 Å². The highest BCUT2D eigenvalue weighted by atomic mass is 19.1. The molecule has 28 heavy (non-hydrogen) atoms. The summed E-state index contributed by atoms with van der Waals surface area (Å²) in [6.07, 6.45) is 5.14. The van der Waals surface area contributed by atoms with Gasteiger partial charge in [-0.05, 0) is 36.1 Å². The number of carbonyl (C=O) groups is 1. The van der Waals surface area contributed by atoms with E-state index in [9.17, 15) is 9.18 Å². The van der Waals surface area contributed by atoms with Gasteiger partial charge in [0.2, 0.25) is 0 Å². The lowest BCUT2D eigenvalue weighted by atomic mass is 9.93. The second-order valence-corrected chi connectivity index (χ2v) is 8.10. The molecule has 6 heteroatoms. The monoisotopic (exact) mass is 378 g/mol. The molecule has 0 aliphatic carbocycles. The minimum absolute atomic E-state index is 0.0871. The number of pyridine rings is 1. The fourth-order valence-electron chi connectivity index (χ4n) is 3.65. The fraction of sp³-hybridized carbons (Fsp3) is 0.364. The molecule has 3 heterocycles. The normalized spacial score (nSPS) is 15.9. The largest absolute Gasteiger partial charge is 0.338 e. The Bertz CT molecular complexity index is 1050. The number of rotatable bonds is 3. The smallest absolute Gasteiger partial charge is 0.254 e. The molecule has 1 aromatic carbocycles. The van der Waals surface area contributed by atoms with E-state index in [0.29, 0.717) is 35.2 Å². The maximum Gasteiger partial charge on any atom is 0.254 e. The van der Waals surface area contributed by atoms with Crippen LogP contribution in [0.15, 0.2) is 36.7 Å². The first-order valence-corrected chi connectivity index (χ1v) is 9.57. The molecule has 144 valence electrons. The Hall–Kier alpha value is -2.89. The van der Waals surface area contributed by atoms with Gasteiger partial charge in [0, 0.05) is 42.9 Å². The van der Waals surface area contributed by atoms with Crippen LogP contribution in [-0.4, -0.2) is 38.8 Å². The van der Waals surface area contributed by atoms with E-state index in [0.717, 1.165) is 24.2 Å². The average Bonchev–Trinajstić information content (AvgIpc) is 3.06. The number of amides is 1. The van der Waals surface area contributed by atoms with E-state index >= 15 is 0 Å². The third-order valence-corrected chi connectivity index (χ3v) is 5.28. The van der Waals surface area contributed by atoms with Crippen LogP contribution < -0.4 is 0 Å². The van der Waals surface area contributed by atoms with Gasteiger partial charge in [-0.3, -0.25) is 4.79 Å². The van der Waals surface area contributed by atoms with E-state index in [2.05, 4.69) is 28.8 Å². The lowest BCUT2D eigenvalue weighted by molar-refractivity contribution is 0.0780. The summed E-state index contributed by atoms with van der Waals surface area (Å²) in [5.41, 5.74) is 2.50.